The van der Waals surface area contributed by atoms with Gasteiger partial charge in [0.1, 0.15) is 5.69 Å². The van der Waals surface area contributed by atoms with Crippen LogP contribution < -0.4 is 5.32 Å². The van der Waals surface area contributed by atoms with Crippen molar-refractivity contribution in [3.8, 4) is 0 Å². The fourth-order valence-corrected chi connectivity index (χ4v) is 4.06. The molecule has 2 rings (SSSR count). The number of hydrogen-bond donors (Lipinski definition) is 1. The van der Waals surface area contributed by atoms with Crippen LogP contribution in [0.5, 0.6) is 0 Å². The molecule has 1 aromatic rings. The van der Waals surface area contributed by atoms with Gasteiger partial charge in [0, 0.05) is 25.7 Å². The SMILES string of the molecule is CCCN(C1CC1)S(=O)(=O)c1ccc([N+](=O)[O-])c(NC)c1. The molecule has 1 saturated carbocycles. The van der Waals surface area contributed by atoms with Crippen molar-refractivity contribution in [2.45, 2.75) is 37.1 Å². The molecule has 0 spiro atoms. The summed E-state index contributed by atoms with van der Waals surface area (Å²) in [5.41, 5.74) is 0.0678. The van der Waals surface area contributed by atoms with Gasteiger partial charge in [-0.1, -0.05) is 6.92 Å². The van der Waals surface area contributed by atoms with Crippen molar-refractivity contribution in [3.05, 3.63) is 28.3 Å². The summed E-state index contributed by atoms with van der Waals surface area (Å²) in [6.07, 6.45) is 2.50. The fourth-order valence-electron chi connectivity index (χ4n) is 2.25. The van der Waals surface area contributed by atoms with Crippen LogP contribution in [0.25, 0.3) is 0 Å². The maximum Gasteiger partial charge on any atom is 0.292 e. The van der Waals surface area contributed by atoms with Gasteiger partial charge in [0.15, 0.2) is 0 Å². The molecule has 8 heteroatoms. The molecule has 1 aromatic carbocycles. The molecule has 0 amide bonds. The summed E-state index contributed by atoms with van der Waals surface area (Å²) in [5.74, 6) is 0. The summed E-state index contributed by atoms with van der Waals surface area (Å²) in [5, 5.41) is 13.6. The Balaban J connectivity index is 2.42. The highest BCUT2D eigenvalue weighted by Crippen LogP contribution is 2.34. The average molecular weight is 313 g/mol. The number of nitro groups is 1. The quantitative estimate of drug-likeness (QED) is 0.615. The molecular formula is C13H19N3O4S. The number of nitro benzene ring substituents is 1. The lowest BCUT2D eigenvalue weighted by atomic mass is 10.3. The van der Waals surface area contributed by atoms with Crippen LogP contribution in [0, 0.1) is 10.1 Å². The molecule has 0 heterocycles. The van der Waals surface area contributed by atoms with Crippen molar-refractivity contribution in [1.82, 2.24) is 4.31 Å². The number of anilines is 1. The van der Waals surface area contributed by atoms with E-state index in [4.69, 9.17) is 0 Å². The van der Waals surface area contributed by atoms with Gasteiger partial charge in [-0.15, -0.1) is 0 Å². The van der Waals surface area contributed by atoms with Crippen LogP contribution in [0.3, 0.4) is 0 Å². The summed E-state index contributed by atoms with van der Waals surface area (Å²) in [4.78, 5) is 10.5. The third-order valence-corrected chi connectivity index (χ3v) is 5.39. The second-order valence-corrected chi connectivity index (χ2v) is 6.92. The van der Waals surface area contributed by atoms with Crippen LogP contribution >= 0.6 is 0 Å². The molecule has 0 atom stereocenters. The second kappa shape index (κ2) is 5.98. The lowest BCUT2D eigenvalue weighted by Crippen LogP contribution is -2.33. The van der Waals surface area contributed by atoms with Gasteiger partial charge in [0.25, 0.3) is 5.69 Å². The molecule has 1 N–H and O–H groups in total. The second-order valence-electron chi connectivity index (χ2n) is 5.03. The number of hydrogen-bond acceptors (Lipinski definition) is 5. The number of nitrogens with zero attached hydrogens (tertiary/aromatic N) is 2. The molecule has 1 aliphatic carbocycles. The van der Waals surface area contributed by atoms with Gasteiger partial charge in [-0.05, 0) is 31.4 Å². The minimum Gasteiger partial charge on any atom is -0.383 e. The first-order valence-corrected chi connectivity index (χ1v) is 8.33. The van der Waals surface area contributed by atoms with Gasteiger partial charge in [-0.3, -0.25) is 10.1 Å². The van der Waals surface area contributed by atoms with Crippen LogP contribution in [-0.4, -0.2) is 37.3 Å². The number of sulfonamides is 1. The molecule has 1 fully saturated rings. The lowest BCUT2D eigenvalue weighted by molar-refractivity contribution is -0.384. The van der Waals surface area contributed by atoms with Crippen LogP contribution in [0.1, 0.15) is 26.2 Å². The van der Waals surface area contributed by atoms with E-state index >= 15 is 0 Å². The van der Waals surface area contributed by atoms with E-state index in [2.05, 4.69) is 5.32 Å². The summed E-state index contributed by atoms with van der Waals surface area (Å²) >= 11 is 0. The zero-order valence-electron chi connectivity index (χ0n) is 12.1. The first-order valence-electron chi connectivity index (χ1n) is 6.89. The Morgan fingerprint density at radius 2 is 2.10 bits per heavy atom. The Hall–Kier alpha value is -1.67. The van der Waals surface area contributed by atoms with Gasteiger partial charge in [-0.2, -0.15) is 4.31 Å². The van der Waals surface area contributed by atoms with Gasteiger partial charge in [0.2, 0.25) is 10.0 Å². The standard InChI is InChI=1S/C13H19N3O4S/c1-3-8-15(10-4-5-10)21(19,20)11-6-7-13(16(17)18)12(9-11)14-2/h6-7,9-10,14H,3-5,8H2,1-2H3. The molecule has 0 saturated heterocycles. The molecule has 116 valence electrons. The number of nitrogens with one attached hydrogen (secondary N) is 1. The minimum atomic E-state index is -3.60. The molecule has 0 aliphatic heterocycles. The third-order valence-electron chi connectivity index (χ3n) is 3.44. The largest absolute Gasteiger partial charge is 0.383 e. The monoisotopic (exact) mass is 313 g/mol. The molecule has 0 unspecified atom stereocenters. The smallest absolute Gasteiger partial charge is 0.292 e. The zero-order chi connectivity index (χ0) is 15.6. The molecule has 0 bridgehead atoms. The van der Waals surface area contributed by atoms with E-state index in [0.29, 0.717) is 6.54 Å². The van der Waals surface area contributed by atoms with Crippen LogP contribution in [-0.2, 0) is 10.0 Å². The Morgan fingerprint density at radius 3 is 2.57 bits per heavy atom. The highest BCUT2D eigenvalue weighted by atomic mass is 32.2. The van der Waals surface area contributed by atoms with Gasteiger partial charge >= 0.3 is 0 Å². The summed E-state index contributed by atoms with van der Waals surface area (Å²) in [6.45, 7) is 2.40. The zero-order valence-corrected chi connectivity index (χ0v) is 12.9. The predicted molar refractivity (Wildman–Crippen MR) is 79.8 cm³/mol. The Kier molecular flexibility index (Phi) is 4.48. The maximum atomic E-state index is 12.7. The predicted octanol–water partition coefficient (Wildman–Crippen LogP) is 2.20. The van der Waals surface area contributed by atoms with E-state index in [1.54, 1.807) is 0 Å². The highest BCUT2D eigenvalue weighted by Gasteiger charge is 2.37. The van der Waals surface area contributed by atoms with Crippen molar-refractivity contribution in [1.29, 1.82) is 0 Å². The number of rotatable bonds is 7. The Morgan fingerprint density at radius 1 is 1.43 bits per heavy atom. The van der Waals surface area contributed by atoms with Crippen molar-refractivity contribution in [2.24, 2.45) is 0 Å². The first kappa shape index (κ1) is 15.7. The van der Waals surface area contributed by atoms with Crippen molar-refractivity contribution >= 4 is 21.4 Å². The van der Waals surface area contributed by atoms with Gasteiger partial charge in [0.05, 0.1) is 9.82 Å². The molecule has 21 heavy (non-hydrogen) atoms. The van der Waals surface area contributed by atoms with Crippen LogP contribution in [0.4, 0.5) is 11.4 Å². The van der Waals surface area contributed by atoms with E-state index < -0.39 is 14.9 Å². The highest BCUT2D eigenvalue weighted by molar-refractivity contribution is 7.89. The van der Waals surface area contributed by atoms with Crippen LogP contribution in [0.2, 0.25) is 0 Å². The molecular weight excluding hydrogens is 294 g/mol. The molecule has 0 radical (unpaired) electrons. The average Bonchev–Trinajstić information content (AvgIpc) is 3.28. The van der Waals surface area contributed by atoms with E-state index in [-0.39, 0.29) is 22.3 Å². The van der Waals surface area contributed by atoms with E-state index in [1.807, 2.05) is 6.92 Å². The Bertz CT molecular complexity index is 641. The number of benzene rings is 1. The summed E-state index contributed by atoms with van der Waals surface area (Å²) < 4.78 is 26.9. The van der Waals surface area contributed by atoms with Gasteiger partial charge < -0.3 is 5.32 Å². The Labute approximate surface area is 124 Å². The molecule has 7 nitrogen and oxygen atoms in total. The maximum absolute atomic E-state index is 12.7. The normalized spacial score (nSPS) is 15.2. The molecule has 1 aliphatic rings. The van der Waals surface area contributed by atoms with E-state index in [9.17, 15) is 18.5 Å². The fraction of sp³-hybridized carbons (Fsp3) is 0.538. The van der Waals surface area contributed by atoms with Crippen LogP contribution in [0.15, 0.2) is 23.1 Å². The van der Waals surface area contributed by atoms with Gasteiger partial charge in [-0.25, -0.2) is 8.42 Å². The summed E-state index contributed by atoms with van der Waals surface area (Å²) in [7, 11) is -2.07. The summed E-state index contributed by atoms with van der Waals surface area (Å²) in [6, 6.07) is 3.94. The topological polar surface area (TPSA) is 92.5 Å². The molecule has 0 aromatic heterocycles. The van der Waals surface area contributed by atoms with Crippen molar-refractivity contribution in [3.63, 3.8) is 0 Å². The minimum absolute atomic E-state index is 0.0724. The van der Waals surface area contributed by atoms with E-state index in [1.165, 1.54) is 29.6 Å². The first-order chi connectivity index (χ1) is 9.91. The van der Waals surface area contributed by atoms with Crippen molar-refractivity contribution < 1.29 is 13.3 Å². The lowest BCUT2D eigenvalue weighted by Gasteiger charge is -2.21. The van der Waals surface area contributed by atoms with E-state index in [0.717, 1.165) is 19.3 Å². The van der Waals surface area contributed by atoms with Crippen molar-refractivity contribution in [2.75, 3.05) is 18.9 Å². The third kappa shape index (κ3) is 3.16.